The van der Waals surface area contributed by atoms with Crippen molar-refractivity contribution < 1.29 is 9.53 Å². The van der Waals surface area contributed by atoms with Crippen molar-refractivity contribution in [2.24, 2.45) is 5.92 Å². The summed E-state index contributed by atoms with van der Waals surface area (Å²) >= 11 is 0. The smallest absolute Gasteiger partial charge is 0.230 e. The van der Waals surface area contributed by atoms with Crippen molar-refractivity contribution in [2.45, 2.75) is 25.9 Å². The number of hydrogen-bond acceptors (Lipinski definition) is 4. The SMILES string of the molecule is CCOC1CC1C(=O)Nc1ccc(Cc2nnc3ccccn23)cc1. The van der Waals surface area contributed by atoms with Crippen LogP contribution in [-0.4, -0.2) is 33.2 Å². The Hall–Kier alpha value is -2.73. The molecule has 2 heterocycles. The van der Waals surface area contributed by atoms with Gasteiger partial charge in [0, 0.05) is 24.9 Å². The van der Waals surface area contributed by atoms with Gasteiger partial charge in [-0.1, -0.05) is 18.2 Å². The number of benzene rings is 1. The molecule has 1 aliphatic rings. The van der Waals surface area contributed by atoms with Gasteiger partial charge in [-0.2, -0.15) is 0 Å². The van der Waals surface area contributed by atoms with Crippen molar-refractivity contribution in [3.05, 3.63) is 60.0 Å². The van der Waals surface area contributed by atoms with Crippen molar-refractivity contribution in [1.82, 2.24) is 14.6 Å². The van der Waals surface area contributed by atoms with Crippen LogP contribution in [0.15, 0.2) is 48.7 Å². The first-order chi connectivity index (χ1) is 12.2. The van der Waals surface area contributed by atoms with Gasteiger partial charge in [0.15, 0.2) is 5.65 Å². The Balaban J connectivity index is 1.40. The summed E-state index contributed by atoms with van der Waals surface area (Å²) in [4.78, 5) is 12.1. The molecule has 25 heavy (non-hydrogen) atoms. The number of hydrogen-bond donors (Lipinski definition) is 1. The molecule has 6 nitrogen and oxygen atoms in total. The van der Waals surface area contributed by atoms with E-state index in [2.05, 4.69) is 15.5 Å². The van der Waals surface area contributed by atoms with Crippen molar-refractivity contribution in [3.8, 4) is 0 Å². The highest BCUT2D eigenvalue weighted by atomic mass is 16.5. The molecule has 1 fully saturated rings. The number of amides is 1. The number of carbonyl (C=O) groups is 1. The van der Waals surface area contributed by atoms with Crippen LogP contribution in [0.5, 0.6) is 0 Å². The summed E-state index contributed by atoms with van der Waals surface area (Å²) in [7, 11) is 0. The Bertz CT molecular complexity index is 888. The van der Waals surface area contributed by atoms with E-state index in [0.717, 1.165) is 29.1 Å². The zero-order valence-corrected chi connectivity index (χ0v) is 14.1. The number of pyridine rings is 1. The summed E-state index contributed by atoms with van der Waals surface area (Å²) in [5, 5.41) is 11.4. The zero-order chi connectivity index (χ0) is 17.2. The van der Waals surface area contributed by atoms with E-state index >= 15 is 0 Å². The molecule has 4 rings (SSSR count). The van der Waals surface area contributed by atoms with Crippen molar-refractivity contribution in [3.63, 3.8) is 0 Å². The molecule has 0 radical (unpaired) electrons. The first-order valence-corrected chi connectivity index (χ1v) is 8.54. The number of nitrogens with zero attached hydrogens (tertiary/aromatic N) is 3. The van der Waals surface area contributed by atoms with Gasteiger partial charge in [0.25, 0.3) is 0 Å². The van der Waals surface area contributed by atoms with Crippen LogP contribution in [-0.2, 0) is 16.0 Å². The molecule has 6 heteroatoms. The van der Waals surface area contributed by atoms with Crippen molar-refractivity contribution in [1.29, 1.82) is 0 Å². The highest BCUT2D eigenvalue weighted by Gasteiger charge is 2.43. The third-order valence-corrected chi connectivity index (χ3v) is 4.42. The lowest BCUT2D eigenvalue weighted by atomic mass is 10.1. The minimum atomic E-state index is -0.0121. The third-order valence-electron chi connectivity index (χ3n) is 4.42. The molecule has 0 spiro atoms. The van der Waals surface area contributed by atoms with Crippen LogP contribution in [0.1, 0.15) is 24.7 Å². The second kappa shape index (κ2) is 6.64. The van der Waals surface area contributed by atoms with Crippen LogP contribution in [0.3, 0.4) is 0 Å². The first-order valence-electron chi connectivity index (χ1n) is 8.54. The van der Waals surface area contributed by atoms with E-state index in [0.29, 0.717) is 13.0 Å². The van der Waals surface area contributed by atoms with Gasteiger partial charge >= 0.3 is 0 Å². The summed E-state index contributed by atoms with van der Waals surface area (Å²) in [5.74, 6) is 0.918. The largest absolute Gasteiger partial charge is 0.378 e. The first kappa shape index (κ1) is 15.8. The van der Waals surface area contributed by atoms with E-state index in [1.165, 1.54) is 0 Å². The van der Waals surface area contributed by atoms with Crippen LogP contribution in [0, 0.1) is 5.92 Å². The molecule has 128 valence electrons. The van der Waals surface area contributed by atoms with Crippen LogP contribution in [0.25, 0.3) is 5.65 Å². The molecular formula is C19H20N4O2. The summed E-state index contributed by atoms with van der Waals surface area (Å²) in [6.07, 6.45) is 3.56. The molecule has 0 bridgehead atoms. The lowest BCUT2D eigenvalue weighted by Gasteiger charge is -2.06. The molecule has 2 unspecified atom stereocenters. The predicted molar refractivity (Wildman–Crippen MR) is 94.4 cm³/mol. The number of anilines is 1. The lowest BCUT2D eigenvalue weighted by molar-refractivity contribution is -0.118. The number of ether oxygens (including phenoxy) is 1. The van der Waals surface area contributed by atoms with Gasteiger partial charge in [0.05, 0.1) is 12.0 Å². The van der Waals surface area contributed by atoms with Gasteiger partial charge < -0.3 is 10.1 Å². The number of nitrogens with one attached hydrogen (secondary N) is 1. The van der Waals surface area contributed by atoms with E-state index in [1.54, 1.807) is 0 Å². The molecule has 1 aromatic carbocycles. The lowest BCUT2D eigenvalue weighted by Crippen LogP contribution is -2.16. The molecule has 2 atom stereocenters. The minimum Gasteiger partial charge on any atom is -0.378 e. The standard InChI is InChI=1S/C19H20N4O2/c1-2-25-16-12-15(16)19(24)20-14-8-6-13(7-9-14)11-18-22-21-17-5-3-4-10-23(17)18/h3-10,15-16H,2,11-12H2,1H3,(H,20,24). The van der Waals surface area contributed by atoms with Crippen LogP contribution in [0.4, 0.5) is 5.69 Å². The fraction of sp³-hybridized carbons (Fsp3) is 0.316. The maximum absolute atomic E-state index is 12.1. The van der Waals surface area contributed by atoms with E-state index in [4.69, 9.17) is 4.74 Å². The Kier molecular flexibility index (Phi) is 4.19. The fourth-order valence-corrected chi connectivity index (χ4v) is 2.98. The Morgan fingerprint density at radius 3 is 2.88 bits per heavy atom. The Morgan fingerprint density at radius 1 is 1.24 bits per heavy atom. The van der Waals surface area contributed by atoms with Gasteiger partial charge in [-0.25, -0.2) is 0 Å². The second-order valence-corrected chi connectivity index (χ2v) is 6.24. The number of carbonyl (C=O) groups excluding carboxylic acids is 1. The van der Waals surface area contributed by atoms with E-state index in [-0.39, 0.29) is 17.9 Å². The number of fused-ring (bicyclic) bond motifs is 1. The summed E-state index contributed by atoms with van der Waals surface area (Å²) < 4.78 is 7.44. The van der Waals surface area contributed by atoms with Gasteiger partial charge in [0.1, 0.15) is 5.82 Å². The maximum atomic E-state index is 12.1. The second-order valence-electron chi connectivity index (χ2n) is 6.24. The average Bonchev–Trinajstić information content (AvgIpc) is 3.29. The summed E-state index contributed by atoms with van der Waals surface area (Å²) in [5.41, 5.74) is 2.77. The van der Waals surface area contributed by atoms with Crippen LogP contribution < -0.4 is 5.32 Å². The molecule has 1 N–H and O–H groups in total. The van der Waals surface area contributed by atoms with E-state index in [1.807, 2.05) is 60.0 Å². The molecule has 0 saturated heterocycles. The highest BCUT2D eigenvalue weighted by Crippen LogP contribution is 2.34. The Morgan fingerprint density at radius 2 is 2.08 bits per heavy atom. The highest BCUT2D eigenvalue weighted by molar-refractivity contribution is 5.94. The molecule has 3 aromatic rings. The van der Waals surface area contributed by atoms with E-state index in [9.17, 15) is 4.79 Å². The molecule has 0 aliphatic heterocycles. The van der Waals surface area contributed by atoms with Gasteiger partial charge in [-0.15, -0.1) is 10.2 Å². The van der Waals surface area contributed by atoms with Crippen molar-refractivity contribution >= 4 is 17.2 Å². The number of rotatable bonds is 6. The molecule has 1 amide bonds. The van der Waals surface area contributed by atoms with Crippen LogP contribution in [0.2, 0.25) is 0 Å². The van der Waals surface area contributed by atoms with Crippen LogP contribution >= 0.6 is 0 Å². The fourth-order valence-electron chi connectivity index (χ4n) is 2.98. The molecular weight excluding hydrogens is 316 g/mol. The summed E-state index contributed by atoms with van der Waals surface area (Å²) in [6.45, 7) is 2.60. The van der Waals surface area contributed by atoms with Gasteiger partial charge in [-0.05, 0) is 43.2 Å². The number of aromatic nitrogens is 3. The quantitative estimate of drug-likeness (QED) is 0.751. The molecule has 1 saturated carbocycles. The third kappa shape index (κ3) is 3.39. The molecule has 1 aliphatic carbocycles. The molecule has 2 aromatic heterocycles. The maximum Gasteiger partial charge on any atom is 0.230 e. The zero-order valence-electron chi connectivity index (χ0n) is 14.1. The topological polar surface area (TPSA) is 68.5 Å². The Labute approximate surface area is 145 Å². The minimum absolute atomic E-state index is 0.0121. The van der Waals surface area contributed by atoms with Crippen molar-refractivity contribution in [2.75, 3.05) is 11.9 Å². The van der Waals surface area contributed by atoms with Gasteiger partial charge in [0.2, 0.25) is 5.91 Å². The average molecular weight is 336 g/mol. The monoisotopic (exact) mass is 336 g/mol. The predicted octanol–water partition coefficient (Wildman–Crippen LogP) is 2.68. The van der Waals surface area contributed by atoms with Gasteiger partial charge in [-0.3, -0.25) is 9.20 Å². The van der Waals surface area contributed by atoms with E-state index < -0.39 is 0 Å². The summed E-state index contributed by atoms with van der Waals surface area (Å²) in [6, 6.07) is 13.7. The normalized spacial score (nSPS) is 19.1.